The Morgan fingerprint density at radius 1 is 0.917 bits per heavy atom. The van der Waals surface area contributed by atoms with Crippen molar-refractivity contribution in [2.75, 3.05) is 13.1 Å². The molecule has 0 spiro atoms. The quantitative estimate of drug-likeness (QED) is 0.679. The monoisotopic (exact) mass is 319 g/mol. The summed E-state index contributed by atoms with van der Waals surface area (Å²) in [6.45, 7) is 5.99. The van der Waals surface area contributed by atoms with Crippen LogP contribution >= 0.6 is 0 Å². The van der Waals surface area contributed by atoms with Gasteiger partial charge in [0.15, 0.2) is 5.78 Å². The van der Waals surface area contributed by atoms with E-state index >= 15 is 0 Å². The summed E-state index contributed by atoms with van der Waals surface area (Å²) in [4.78, 5) is 27.8. The fourth-order valence-electron chi connectivity index (χ4n) is 4.25. The van der Waals surface area contributed by atoms with Gasteiger partial charge in [-0.3, -0.25) is 9.59 Å². The van der Waals surface area contributed by atoms with E-state index in [4.69, 9.17) is 0 Å². The lowest BCUT2D eigenvalue weighted by Crippen LogP contribution is -2.42. The average Bonchev–Trinajstić information content (AvgIpc) is 2.87. The Kier molecular flexibility index (Phi) is 3.52. The highest BCUT2D eigenvalue weighted by Gasteiger charge is 2.33. The summed E-state index contributed by atoms with van der Waals surface area (Å²) in [5.74, 6) is 1.11. The minimum Gasteiger partial charge on any atom is -0.338 e. The number of fused-ring (bicyclic) bond motifs is 3. The zero-order valence-corrected chi connectivity index (χ0v) is 14.1. The van der Waals surface area contributed by atoms with Crippen LogP contribution in [0.2, 0.25) is 0 Å². The average molecular weight is 319 g/mol. The number of carbonyl (C=O) groups excluding carboxylic acids is 2. The number of likely N-dealkylation sites (tertiary alicyclic amines) is 1. The number of hydrogen-bond donors (Lipinski definition) is 0. The Balaban J connectivity index is 1.80. The molecule has 1 heterocycles. The molecule has 122 valence electrons. The molecule has 1 aliphatic heterocycles. The lowest BCUT2D eigenvalue weighted by molar-refractivity contribution is 0.0624. The van der Waals surface area contributed by atoms with Crippen molar-refractivity contribution in [3.8, 4) is 11.1 Å². The number of hydrogen-bond acceptors (Lipinski definition) is 2. The van der Waals surface area contributed by atoms with E-state index in [1.54, 1.807) is 0 Å². The predicted octanol–water partition coefficient (Wildman–Crippen LogP) is 4.02. The number of rotatable bonds is 1. The van der Waals surface area contributed by atoms with Crippen LogP contribution in [-0.2, 0) is 0 Å². The molecule has 3 heteroatoms. The number of nitrogens with zero attached hydrogens (tertiary/aromatic N) is 1. The molecule has 0 N–H and O–H groups in total. The third-order valence-electron chi connectivity index (χ3n) is 5.14. The van der Waals surface area contributed by atoms with Gasteiger partial charge in [0.2, 0.25) is 0 Å². The van der Waals surface area contributed by atoms with E-state index in [2.05, 4.69) is 13.8 Å². The van der Waals surface area contributed by atoms with Crippen LogP contribution < -0.4 is 0 Å². The summed E-state index contributed by atoms with van der Waals surface area (Å²) in [6, 6.07) is 13.1. The van der Waals surface area contributed by atoms with Crippen LogP contribution in [0, 0.1) is 11.8 Å². The molecule has 0 unspecified atom stereocenters. The molecule has 2 aromatic rings. The highest BCUT2D eigenvalue weighted by Crippen LogP contribution is 2.39. The van der Waals surface area contributed by atoms with Crippen LogP contribution in [0.5, 0.6) is 0 Å². The first-order chi connectivity index (χ1) is 11.6. The fourth-order valence-corrected chi connectivity index (χ4v) is 4.25. The van der Waals surface area contributed by atoms with Gasteiger partial charge < -0.3 is 4.90 Å². The van der Waals surface area contributed by atoms with Crippen molar-refractivity contribution in [2.45, 2.75) is 20.3 Å². The van der Waals surface area contributed by atoms with Gasteiger partial charge in [0, 0.05) is 35.3 Å². The molecule has 3 nitrogen and oxygen atoms in total. The molecule has 0 saturated carbocycles. The Morgan fingerprint density at radius 3 is 2.25 bits per heavy atom. The Bertz CT molecular complexity index is 829. The van der Waals surface area contributed by atoms with Crippen molar-refractivity contribution in [1.29, 1.82) is 0 Å². The lowest BCUT2D eigenvalue weighted by atomic mass is 9.90. The van der Waals surface area contributed by atoms with Crippen molar-refractivity contribution in [3.63, 3.8) is 0 Å². The zero-order chi connectivity index (χ0) is 16.8. The molecule has 2 atom stereocenters. The first-order valence-electron chi connectivity index (χ1n) is 8.62. The molecular weight excluding hydrogens is 298 g/mol. The smallest absolute Gasteiger partial charge is 0.254 e. The van der Waals surface area contributed by atoms with Gasteiger partial charge in [-0.05, 0) is 29.9 Å². The molecule has 2 aromatic carbocycles. The molecule has 4 rings (SSSR count). The van der Waals surface area contributed by atoms with Crippen LogP contribution in [-0.4, -0.2) is 29.7 Å². The maximum Gasteiger partial charge on any atom is 0.254 e. The Hall–Kier alpha value is -2.42. The second-order valence-corrected chi connectivity index (χ2v) is 7.26. The second-order valence-electron chi connectivity index (χ2n) is 7.26. The van der Waals surface area contributed by atoms with Gasteiger partial charge in [0.1, 0.15) is 0 Å². The largest absolute Gasteiger partial charge is 0.338 e. The van der Waals surface area contributed by atoms with Gasteiger partial charge in [0.05, 0.1) is 0 Å². The number of benzene rings is 2. The lowest BCUT2D eigenvalue weighted by Gasteiger charge is -2.35. The molecule has 2 aliphatic rings. The highest BCUT2D eigenvalue weighted by molar-refractivity contribution is 6.24. The third kappa shape index (κ3) is 2.27. The van der Waals surface area contributed by atoms with Gasteiger partial charge >= 0.3 is 0 Å². The van der Waals surface area contributed by atoms with E-state index in [9.17, 15) is 9.59 Å². The molecule has 1 saturated heterocycles. The number of ketones is 1. The molecular formula is C21H21NO2. The maximum atomic E-state index is 13.2. The molecule has 0 radical (unpaired) electrons. The fraction of sp³-hybridized carbons (Fsp3) is 0.333. The summed E-state index contributed by atoms with van der Waals surface area (Å²) in [6.07, 6.45) is 1.16. The van der Waals surface area contributed by atoms with E-state index in [0.717, 1.165) is 30.6 Å². The zero-order valence-electron chi connectivity index (χ0n) is 14.1. The molecule has 1 fully saturated rings. The Labute approximate surface area is 142 Å². The van der Waals surface area contributed by atoms with E-state index in [0.29, 0.717) is 28.5 Å². The van der Waals surface area contributed by atoms with Crippen LogP contribution in [0.25, 0.3) is 11.1 Å². The predicted molar refractivity (Wildman–Crippen MR) is 94.2 cm³/mol. The van der Waals surface area contributed by atoms with Gasteiger partial charge in [-0.15, -0.1) is 0 Å². The summed E-state index contributed by atoms with van der Waals surface area (Å²) in [7, 11) is 0. The van der Waals surface area contributed by atoms with E-state index < -0.39 is 0 Å². The normalized spacial score (nSPS) is 22.2. The summed E-state index contributed by atoms with van der Waals surface area (Å²) >= 11 is 0. The van der Waals surface area contributed by atoms with Gasteiger partial charge in [-0.25, -0.2) is 0 Å². The van der Waals surface area contributed by atoms with Crippen molar-refractivity contribution < 1.29 is 9.59 Å². The molecule has 0 aromatic heterocycles. The highest BCUT2D eigenvalue weighted by atomic mass is 16.2. The minimum absolute atomic E-state index is 0.0237. The van der Waals surface area contributed by atoms with Crippen LogP contribution in [0.4, 0.5) is 0 Å². The summed E-state index contributed by atoms with van der Waals surface area (Å²) in [5.41, 5.74) is 3.72. The summed E-state index contributed by atoms with van der Waals surface area (Å²) in [5, 5.41) is 0. The first-order valence-corrected chi connectivity index (χ1v) is 8.62. The first kappa shape index (κ1) is 15.1. The van der Waals surface area contributed by atoms with E-state index in [1.807, 2.05) is 47.4 Å². The number of carbonyl (C=O) groups is 2. The SMILES string of the molecule is C[C@H]1C[C@H](C)CN(C(=O)c2cccc3c2-c2ccccc2C3=O)C1. The van der Waals surface area contributed by atoms with Gasteiger partial charge in [0.25, 0.3) is 5.91 Å². The summed E-state index contributed by atoms with van der Waals surface area (Å²) < 4.78 is 0. The van der Waals surface area contributed by atoms with Crippen LogP contribution in [0.15, 0.2) is 42.5 Å². The van der Waals surface area contributed by atoms with Crippen LogP contribution in [0.1, 0.15) is 46.5 Å². The van der Waals surface area contributed by atoms with Crippen molar-refractivity contribution in [3.05, 3.63) is 59.2 Å². The van der Waals surface area contributed by atoms with Gasteiger partial charge in [-0.1, -0.05) is 50.2 Å². The third-order valence-corrected chi connectivity index (χ3v) is 5.14. The van der Waals surface area contributed by atoms with Crippen molar-refractivity contribution in [1.82, 2.24) is 4.90 Å². The maximum absolute atomic E-state index is 13.2. The van der Waals surface area contributed by atoms with Gasteiger partial charge in [-0.2, -0.15) is 0 Å². The minimum atomic E-state index is 0.0237. The Morgan fingerprint density at radius 2 is 1.54 bits per heavy atom. The molecule has 1 aliphatic carbocycles. The topological polar surface area (TPSA) is 37.4 Å². The van der Waals surface area contributed by atoms with Crippen molar-refractivity contribution >= 4 is 11.7 Å². The number of amides is 1. The molecule has 24 heavy (non-hydrogen) atoms. The molecule has 1 amide bonds. The van der Waals surface area contributed by atoms with E-state index in [1.165, 1.54) is 0 Å². The second kappa shape index (κ2) is 5.59. The number of piperidine rings is 1. The standard InChI is InChI=1S/C21H21NO2/c1-13-10-14(2)12-22(11-13)21(24)18-9-5-8-17-19(18)15-6-3-4-7-16(15)20(17)23/h3-9,13-14H,10-12H2,1-2H3/t13-,14-/m0/s1. The van der Waals surface area contributed by atoms with E-state index in [-0.39, 0.29) is 11.7 Å². The molecule has 0 bridgehead atoms. The van der Waals surface area contributed by atoms with Crippen LogP contribution in [0.3, 0.4) is 0 Å². The van der Waals surface area contributed by atoms with Crippen molar-refractivity contribution in [2.24, 2.45) is 11.8 Å².